The van der Waals surface area contributed by atoms with E-state index >= 15 is 0 Å². The fraction of sp³-hybridized carbons (Fsp3) is 0.586. The summed E-state index contributed by atoms with van der Waals surface area (Å²) in [6, 6.07) is 23.7. The third-order valence-electron chi connectivity index (χ3n) is 15.2. The lowest BCUT2D eigenvalue weighted by Gasteiger charge is -2.41. The Hall–Kier alpha value is -5.60. The van der Waals surface area contributed by atoms with Crippen molar-refractivity contribution in [1.82, 2.24) is 20.0 Å². The maximum absolute atomic E-state index is 14.8. The number of nitrogens with one attached hydrogen (secondary N) is 1. The van der Waals surface area contributed by atoms with Crippen molar-refractivity contribution in [1.29, 1.82) is 0 Å². The van der Waals surface area contributed by atoms with Crippen LogP contribution >= 0.6 is 0 Å². The molecule has 1 heterocycles. The summed E-state index contributed by atoms with van der Waals surface area (Å²) < 4.78 is 23.8. The van der Waals surface area contributed by atoms with Crippen molar-refractivity contribution in [2.45, 2.75) is 155 Å². The molecule has 0 bridgehead atoms. The number of ketones is 1. The maximum Gasteiger partial charge on any atom is 0.410 e. The van der Waals surface area contributed by atoms with Crippen LogP contribution in [0.25, 0.3) is 11.1 Å². The maximum atomic E-state index is 14.8. The predicted molar refractivity (Wildman–Crippen MR) is 279 cm³/mol. The highest BCUT2D eigenvalue weighted by molar-refractivity contribution is 5.94. The number of ether oxygens (including phenoxy) is 4. The number of nitrogens with zero attached hydrogens (tertiary/aromatic N) is 3. The Morgan fingerprint density at radius 3 is 1.92 bits per heavy atom. The van der Waals surface area contributed by atoms with Gasteiger partial charge in [0.1, 0.15) is 18.2 Å². The van der Waals surface area contributed by atoms with Crippen molar-refractivity contribution < 1.29 is 47.7 Å². The number of hydrogen-bond donors (Lipinski definition) is 1. The summed E-state index contributed by atoms with van der Waals surface area (Å²) in [6.45, 7) is 18.8. The Labute approximate surface area is 428 Å². The molecule has 2 aliphatic rings. The Morgan fingerprint density at radius 1 is 0.792 bits per heavy atom. The number of carbonyl (C=O) groups is 6. The third kappa shape index (κ3) is 13.5. The Balaban J connectivity index is 1.26. The van der Waals surface area contributed by atoms with Crippen molar-refractivity contribution in [2.24, 2.45) is 23.7 Å². The highest BCUT2D eigenvalue weighted by Gasteiger charge is 2.45. The minimum absolute atomic E-state index is 0.0440. The first-order valence-electron chi connectivity index (χ1n) is 25.8. The summed E-state index contributed by atoms with van der Waals surface area (Å²) >= 11 is 0. The average Bonchev–Trinajstić information content (AvgIpc) is 3.96. The molecule has 394 valence electrons. The van der Waals surface area contributed by atoms with Crippen LogP contribution in [0.4, 0.5) is 4.79 Å². The molecule has 1 saturated heterocycles. The van der Waals surface area contributed by atoms with Gasteiger partial charge in [-0.2, -0.15) is 0 Å². The fourth-order valence-electron chi connectivity index (χ4n) is 10.5. The van der Waals surface area contributed by atoms with Gasteiger partial charge < -0.3 is 34.1 Å². The highest BCUT2D eigenvalue weighted by atomic mass is 16.6. The van der Waals surface area contributed by atoms with Gasteiger partial charge in [0.25, 0.3) is 0 Å². The molecular formula is C58H82N4O10. The van der Waals surface area contributed by atoms with E-state index in [1.165, 1.54) is 12.0 Å². The number of rotatable bonds is 23. The first-order chi connectivity index (χ1) is 34.0. The number of methoxy groups -OCH3 is 2. The van der Waals surface area contributed by atoms with Gasteiger partial charge in [0.2, 0.25) is 17.7 Å². The normalized spacial score (nSPS) is 17.7. The van der Waals surface area contributed by atoms with E-state index in [0.717, 1.165) is 27.8 Å². The van der Waals surface area contributed by atoms with Gasteiger partial charge in [0.05, 0.1) is 42.2 Å². The largest absolute Gasteiger partial charge is 0.458 e. The summed E-state index contributed by atoms with van der Waals surface area (Å²) in [5.41, 5.74) is 3.19. The first kappa shape index (κ1) is 57.3. The second-order valence-electron chi connectivity index (χ2n) is 21.8. The lowest BCUT2D eigenvalue weighted by molar-refractivity contribution is -0.159. The van der Waals surface area contributed by atoms with E-state index in [9.17, 15) is 28.8 Å². The molecule has 72 heavy (non-hydrogen) atoms. The Bertz CT molecular complexity index is 2300. The first-order valence-corrected chi connectivity index (χ1v) is 25.8. The van der Waals surface area contributed by atoms with Crippen molar-refractivity contribution in [3.05, 3.63) is 95.6 Å². The monoisotopic (exact) mass is 995 g/mol. The van der Waals surface area contributed by atoms with Gasteiger partial charge in [-0.3, -0.25) is 24.1 Å². The molecule has 1 fully saturated rings. The molecule has 3 aromatic carbocycles. The van der Waals surface area contributed by atoms with Crippen molar-refractivity contribution in [2.75, 3.05) is 41.5 Å². The van der Waals surface area contributed by atoms with Gasteiger partial charge >= 0.3 is 12.1 Å². The number of fused-ring (bicyclic) bond motifs is 3. The quantitative estimate of drug-likeness (QED) is 0.0909. The molecule has 1 aliphatic carbocycles. The fourth-order valence-corrected chi connectivity index (χ4v) is 10.5. The summed E-state index contributed by atoms with van der Waals surface area (Å²) in [5.74, 6) is -3.66. The molecule has 0 radical (unpaired) electrons. The van der Waals surface area contributed by atoms with Crippen LogP contribution in [-0.4, -0.2) is 133 Å². The van der Waals surface area contributed by atoms with E-state index in [1.54, 1.807) is 72.5 Å². The summed E-state index contributed by atoms with van der Waals surface area (Å²) in [6.07, 6.45) is 0.00441. The SMILES string of the molecule is CC[C@H](C)[C@@H]([C@@H](CC(=O)N1CCC[C@H]1[C@H](OC)[C@@H](C)C(=O)N[C@@H](Cc1ccccc1)C(=O)OC(C)(C)C)OC)N(C)C(=O)[C@@H](CC(=O)C(C)(C)N(C)C(=O)OCC1c2ccccc2-c2ccccc21)C(C)C. The Kier molecular flexibility index (Phi) is 19.8. The van der Waals surface area contributed by atoms with E-state index in [4.69, 9.17) is 18.9 Å². The van der Waals surface area contributed by atoms with E-state index in [2.05, 4.69) is 29.6 Å². The van der Waals surface area contributed by atoms with Crippen molar-refractivity contribution in [3.8, 4) is 11.1 Å². The smallest absolute Gasteiger partial charge is 0.410 e. The number of benzene rings is 3. The molecule has 8 atom stereocenters. The minimum atomic E-state index is -1.31. The number of hydrogen-bond acceptors (Lipinski definition) is 10. The molecule has 5 rings (SSSR count). The molecular weight excluding hydrogens is 913 g/mol. The van der Waals surface area contributed by atoms with Crippen LogP contribution in [0.15, 0.2) is 78.9 Å². The standard InChI is InChI=1S/C58H82N4O10/c1-15-37(4)51(48(69-13)34-50(64)62-31-23-30-47(62)52(70-14)38(5)53(65)59-46(55(67)72-57(6,7)8)32-39-24-17-16-18-25-39)60(11)54(66)44(36(2)3)33-49(63)58(9,10)61(12)56(68)71-35-45-42-28-21-19-26-40(42)41-27-20-22-29-43(41)45/h16-22,24-29,36-38,44-48,51-52H,15,23,30-35H2,1-14H3,(H,59,65)/t37-,38+,44-,46-,47-,48+,51-,52+/m0/s1. The molecule has 4 amide bonds. The molecule has 3 aromatic rings. The number of Topliss-reactive ketones (excluding diaryl/α,β-unsaturated/α-hetero) is 1. The zero-order chi connectivity index (χ0) is 53.2. The van der Waals surface area contributed by atoms with Crippen molar-refractivity contribution >= 4 is 35.6 Å². The van der Waals surface area contributed by atoms with Gasteiger partial charge in [-0.25, -0.2) is 9.59 Å². The molecule has 0 unspecified atom stereocenters. The number of likely N-dealkylation sites (N-methyl/N-ethyl adjacent to an activating group) is 2. The third-order valence-corrected chi connectivity index (χ3v) is 15.2. The van der Waals surface area contributed by atoms with Gasteiger partial charge in [-0.15, -0.1) is 0 Å². The molecule has 0 spiro atoms. The predicted octanol–water partition coefficient (Wildman–Crippen LogP) is 8.87. The lowest BCUT2D eigenvalue weighted by Crippen LogP contribution is -2.55. The topological polar surface area (TPSA) is 161 Å². The summed E-state index contributed by atoms with van der Waals surface area (Å²) in [7, 11) is 6.34. The van der Waals surface area contributed by atoms with E-state index in [1.807, 2.05) is 82.3 Å². The number of esters is 1. The molecule has 0 saturated carbocycles. The minimum Gasteiger partial charge on any atom is -0.458 e. The summed E-state index contributed by atoms with van der Waals surface area (Å²) in [4.78, 5) is 89.5. The lowest BCUT2D eigenvalue weighted by atomic mass is 9.82. The van der Waals surface area contributed by atoms with E-state index in [-0.39, 0.29) is 61.2 Å². The van der Waals surface area contributed by atoms with Crippen LogP contribution in [-0.2, 0) is 49.3 Å². The van der Waals surface area contributed by atoms with Gasteiger partial charge in [0, 0.05) is 59.5 Å². The Morgan fingerprint density at radius 2 is 1.38 bits per heavy atom. The van der Waals surface area contributed by atoms with Crippen LogP contribution in [0, 0.1) is 23.7 Å². The van der Waals surface area contributed by atoms with Crippen LogP contribution < -0.4 is 5.32 Å². The highest BCUT2D eigenvalue weighted by Crippen LogP contribution is 2.44. The van der Waals surface area contributed by atoms with Crippen LogP contribution in [0.1, 0.15) is 124 Å². The number of carbonyl (C=O) groups excluding carboxylic acids is 6. The summed E-state index contributed by atoms with van der Waals surface area (Å²) in [5, 5.41) is 2.94. The number of amides is 4. The van der Waals surface area contributed by atoms with Crippen LogP contribution in [0.5, 0.6) is 0 Å². The van der Waals surface area contributed by atoms with Gasteiger partial charge in [-0.1, -0.05) is 120 Å². The molecule has 1 N–H and O–H groups in total. The second-order valence-corrected chi connectivity index (χ2v) is 21.8. The second kappa shape index (κ2) is 24.9. The van der Waals surface area contributed by atoms with Gasteiger partial charge in [-0.05, 0) is 87.1 Å². The number of likely N-dealkylation sites (tertiary alicyclic amines) is 1. The van der Waals surface area contributed by atoms with E-state index < -0.39 is 71.3 Å². The molecule has 14 nitrogen and oxygen atoms in total. The van der Waals surface area contributed by atoms with E-state index in [0.29, 0.717) is 25.8 Å². The molecule has 0 aromatic heterocycles. The van der Waals surface area contributed by atoms with Crippen LogP contribution in [0.2, 0.25) is 0 Å². The van der Waals surface area contributed by atoms with Gasteiger partial charge in [0.15, 0.2) is 5.78 Å². The van der Waals surface area contributed by atoms with Crippen LogP contribution in [0.3, 0.4) is 0 Å². The molecule has 1 aliphatic heterocycles. The van der Waals surface area contributed by atoms with Crippen molar-refractivity contribution in [3.63, 3.8) is 0 Å². The molecule has 14 heteroatoms. The average molecular weight is 995 g/mol. The zero-order valence-corrected chi connectivity index (χ0v) is 45.4. The zero-order valence-electron chi connectivity index (χ0n) is 45.4.